The van der Waals surface area contributed by atoms with Crippen LogP contribution in [0.5, 0.6) is 0 Å². The maximum Gasteiger partial charge on any atom is 1.00 e. The summed E-state index contributed by atoms with van der Waals surface area (Å²) in [6.07, 6.45) is 3.23. The molecule has 129 heavy (non-hydrogen) atoms. The Balaban J connectivity index is 0.000000383. The van der Waals surface area contributed by atoms with Crippen LogP contribution in [0.3, 0.4) is 0 Å². The average molecular weight is 1850 g/mol. The number of carbonyl (C=O) groups excluding carboxylic acids is 2. The number of aromatic carboxylic acids is 2. The molecule has 0 saturated carbocycles. The van der Waals surface area contributed by atoms with Crippen molar-refractivity contribution in [3.05, 3.63) is 290 Å². The number of nitrogens with zero attached hydrogens (tertiary/aromatic N) is 3. The number of anilines is 6. The van der Waals surface area contributed by atoms with Crippen molar-refractivity contribution in [2.24, 2.45) is 0 Å². The van der Waals surface area contributed by atoms with Gasteiger partial charge in [-0.25, -0.2) is 44.9 Å². The first kappa shape index (κ1) is 111. The second-order valence-electron chi connectivity index (χ2n) is 28.6. The predicted molar refractivity (Wildman–Crippen MR) is 498 cm³/mol. The summed E-state index contributed by atoms with van der Waals surface area (Å²) in [5.74, 6) is -0.948. The van der Waals surface area contributed by atoms with Crippen LogP contribution < -0.4 is 116 Å². The summed E-state index contributed by atoms with van der Waals surface area (Å²) in [5.41, 5.74) is 18.5. The Morgan fingerprint density at radius 3 is 1.14 bits per heavy atom. The second kappa shape index (κ2) is 51.6. The number of carbonyl (C=O) groups is 2. The molecule has 0 saturated heterocycles. The van der Waals surface area contributed by atoms with E-state index in [0.717, 1.165) is 115 Å². The first-order chi connectivity index (χ1) is 59.6. The van der Waals surface area contributed by atoms with E-state index in [2.05, 4.69) is 162 Å². The van der Waals surface area contributed by atoms with Gasteiger partial charge in [-0.05, 0) is 182 Å². The fraction of sp³-hybridized carbons (Fsp3) is 0.247. The Kier molecular flexibility index (Phi) is 44.2. The van der Waals surface area contributed by atoms with Crippen molar-refractivity contribution in [3.63, 3.8) is 0 Å². The number of benzene rings is 11. The second-order valence-corrected chi connectivity index (χ2v) is 33.2. The van der Waals surface area contributed by atoms with E-state index < -0.39 is 53.8 Å². The fourth-order valence-corrected chi connectivity index (χ4v) is 15.5. The maximum absolute atomic E-state index is 12.3. The first-order valence-electron chi connectivity index (χ1n) is 40.3. The van der Waals surface area contributed by atoms with Gasteiger partial charge in [-0.1, -0.05) is 166 Å². The van der Waals surface area contributed by atoms with E-state index in [9.17, 15) is 54.2 Å². The van der Waals surface area contributed by atoms with Gasteiger partial charge < -0.3 is 59.0 Å². The van der Waals surface area contributed by atoms with Crippen molar-refractivity contribution >= 4 is 121 Å². The average Bonchev–Trinajstić information content (AvgIpc) is 0.745. The van der Waals surface area contributed by atoms with Crippen LogP contribution in [0.25, 0.3) is 66.8 Å². The summed E-state index contributed by atoms with van der Waals surface area (Å²) < 4.78 is 128. The van der Waals surface area contributed by atoms with Crippen LogP contribution in [0.2, 0.25) is 0 Å². The third-order valence-corrected chi connectivity index (χ3v) is 22.0. The number of aryl methyl sites for hydroxylation is 10. The molecular weight excluding hydrogens is 1740 g/mol. The van der Waals surface area contributed by atoms with Gasteiger partial charge in [0.1, 0.15) is 54.6 Å². The summed E-state index contributed by atoms with van der Waals surface area (Å²) >= 11 is -0.750. The van der Waals surface area contributed by atoms with Gasteiger partial charge in [-0.3, -0.25) is 0 Å². The van der Waals surface area contributed by atoms with Crippen molar-refractivity contribution in [2.75, 3.05) is 42.3 Å². The molecule has 4 aliphatic rings. The van der Waals surface area contributed by atoms with E-state index in [0.29, 0.717) is 97.8 Å². The predicted octanol–water partition coefficient (Wildman–Crippen LogP) is 8.46. The topological polar surface area (TPSA) is 416 Å². The van der Waals surface area contributed by atoms with Crippen LogP contribution in [-0.4, -0.2) is 96.1 Å². The van der Waals surface area contributed by atoms with Crippen molar-refractivity contribution in [3.8, 4) is 44.9 Å². The molecule has 0 amide bonds. The van der Waals surface area contributed by atoms with E-state index >= 15 is 0 Å². The van der Waals surface area contributed by atoms with E-state index in [4.69, 9.17) is 17.3 Å². The number of rotatable bonds is 22. The molecule has 0 atom stereocenters. The Morgan fingerprint density at radius 2 is 0.798 bits per heavy atom. The molecule has 0 spiro atoms. The summed E-state index contributed by atoms with van der Waals surface area (Å²) in [7, 11) is -10.8. The van der Waals surface area contributed by atoms with Crippen molar-refractivity contribution in [1.29, 1.82) is 0 Å². The van der Waals surface area contributed by atoms with Crippen molar-refractivity contribution in [1.82, 2.24) is 25.0 Å². The van der Waals surface area contributed by atoms with E-state index in [1.54, 1.807) is 36.4 Å². The van der Waals surface area contributed by atoms with Gasteiger partial charge in [-0.2, -0.15) is 18.4 Å². The van der Waals surface area contributed by atoms with Crippen LogP contribution in [0.1, 0.15) is 146 Å². The quantitative estimate of drug-likeness (QED) is 0.0145. The number of carboxylic acids is 2. The molecule has 3 heterocycles. The normalized spacial score (nSPS) is 11.0. The van der Waals surface area contributed by atoms with Gasteiger partial charge in [-0.15, -0.1) is 0 Å². The van der Waals surface area contributed by atoms with E-state index in [1.807, 2.05) is 139 Å². The van der Waals surface area contributed by atoms with E-state index in [1.165, 1.54) is 24.3 Å². The zero-order valence-electron chi connectivity index (χ0n) is 74.5. The van der Waals surface area contributed by atoms with Crippen LogP contribution in [0.4, 0.5) is 45.8 Å². The standard InChI is InChI=1S/2C35H30N2O4S.C18H23N5O6S.C3H9N.2C2H6.2CH4.2Na.O2S/c2*1-21-9-7-10-22(2)34(21)36-25-15-17-27-30(19-25)41-31-20-26(37-35-23(3)11-8-12-24(35)4)16-18-28(31)33(27)29-13-5-6-14-32(29)42(38,39)40;1-3-5-14-21-15(6-4-7-19-30(2,28)29)23-18(22-14)20-13-9-11(16(24)25)8-12(10-13)17(26)27;1-3-4-2;2*1-2;;;;;1-3-2/h2*5-20,36H,1-4H3,(H,38,39,40);8-10,19H,3-7H2,1-2H3,(H,24,25)(H,26,27)(H,20,21,22,23);4H,3H2,1-2H3;2*1-2H3;2*1H4;;;/q;;;;;;;;2*+1;/p-2. The smallest absolute Gasteiger partial charge is 0.744 e. The molecule has 32 heteroatoms. The molecule has 9 aromatic carbocycles. The Labute approximate surface area is 804 Å². The molecule has 0 radical (unpaired) electrons. The monoisotopic (exact) mass is 1840 g/mol. The summed E-state index contributed by atoms with van der Waals surface area (Å²) in [5, 5.41) is 38.1. The van der Waals surface area contributed by atoms with Crippen LogP contribution in [0.15, 0.2) is 231 Å². The largest absolute Gasteiger partial charge is 1.00 e. The third-order valence-electron chi connectivity index (χ3n) is 19.5. The fourth-order valence-electron chi connectivity index (χ4n) is 13.6. The first-order valence-corrected chi connectivity index (χ1v) is 45.7. The number of sulfonamides is 1. The van der Waals surface area contributed by atoms with Gasteiger partial charge in [0.25, 0.3) is 0 Å². The van der Waals surface area contributed by atoms with Gasteiger partial charge in [0.05, 0.1) is 40.1 Å². The van der Waals surface area contributed by atoms with Gasteiger partial charge in [0.15, 0.2) is 0 Å². The molecule has 14 rings (SSSR count). The number of hydrogen-bond donors (Lipinski definition) is 7. The number of nitrogens with one attached hydrogen (secondary N) is 7. The van der Waals surface area contributed by atoms with Crippen LogP contribution >= 0.6 is 0 Å². The molecule has 0 bridgehead atoms. The number of aromatic nitrogens is 3. The summed E-state index contributed by atoms with van der Waals surface area (Å²) in [4.78, 5) is 41.7. The minimum Gasteiger partial charge on any atom is -0.744 e. The van der Waals surface area contributed by atoms with Crippen LogP contribution in [-0.2, 0) is 54.7 Å². The molecule has 670 valence electrons. The number of hydrogen-bond acceptors (Lipinski definition) is 23. The summed E-state index contributed by atoms with van der Waals surface area (Å²) in [6, 6.07) is 63.5. The zero-order valence-corrected chi connectivity index (χ0v) is 81.7. The molecule has 2 aliphatic heterocycles. The molecule has 0 unspecified atom stereocenters. The van der Waals surface area contributed by atoms with Gasteiger partial charge in [0, 0.05) is 138 Å². The molecular formula is C97H110N10Na2O16S4. The van der Waals surface area contributed by atoms with Crippen molar-refractivity contribution < 1.29 is 141 Å². The Bertz CT molecular complexity index is 6300. The zero-order chi connectivity index (χ0) is 91.6. The maximum atomic E-state index is 12.3. The molecule has 7 N–H and O–H groups in total. The Hall–Kier alpha value is -10.8. The molecule has 1 aromatic heterocycles. The van der Waals surface area contributed by atoms with E-state index in [-0.39, 0.29) is 113 Å². The summed E-state index contributed by atoms with van der Waals surface area (Å²) in [6.45, 7) is 29.7. The SMILES string of the molecule is C.C.CC.CC.CCCc1nc(CCCNS(C)(=O)=O)nc(Nc2cc(C(=O)[O-])cc(C(=O)[O-])c2)n1.CCNC.Cc1cccc(C)c1Nc1ccc2c(-c3ccccc3S(=O)(=O)[O-])c3ccc(=[NH+]c4c(C)cccc4C)cc-3oc2c1.Cc1cccc(C)c1Nc1ccc2c(-c3ccccc3S(=O)(=O)[O-])c3ccc(=[NH+]c4c(C)cccc4C)cc-3oc2c1.O=S=O.[Na+].[Na+]. The molecule has 2 aliphatic carbocycles. The number of fused-ring (bicyclic) bond motifs is 4. The third kappa shape index (κ3) is 30.1. The minimum atomic E-state index is -4.74. The molecule has 0 fully saturated rings. The minimum absolute atomic E-state index is 0. The Morgan fingerprint density at radius 1 is 0.442 bits per heavy atom. The van der Waals surface area contributed by atoms with Crippen molar-refractivity contribution in [2.45, 2.75) is 147 Å². The van der Waals surface area contributed by atoms with Gasteiger partial charge >= 0.3 is 70.7 Å². The molecule has 10 aromatic rings. The number of carboxylic acid groups (broad SMARTS) is 2. The van der Waals surface area contributed by atoms with Gasteiger partial charge in [0.2, 0.25) is 38.1 Å². The van der Waals surface area contributed by atoms with Crippen LogP contribution in [0, 0.1) is 55.4 Å². The molecule has 26 nitrogen and oxygen atoms in total. The number of para-hydroxylation sites is 4.